The number of hydrogen-bond acceptors (Lipinski definition) is 8. The lowest BCUT2D eigenvalue weighted by atomic mass is 10.1. The van der Waals surface area contributed by atoms with Gasteiger partial charge in [0.2, 0.25) is 11.8 Å². The minimum Gasteiger partial charge on any atom is -0.464 e. The van der Waals surface area contributed by atoms with Gasteiger partial charge in [-0.25, -0.2) is 0 Å². The third-order valence-corrected chi connectivity index (χ3v) is 7.92. The standard InChI is InChI=1S/C30H56N2O9S/c1-3-5-7-9-11-13-15-17-19-27(33)31-21-23-40-29(35)25-26(42(37,38)39)30(36)41-24-22-32-28(34)20-18-16-14-12-10-8-6-4-2/h26H,3-25H2,1-2H3,(H,31,33)(H,32,34)(H,37,38,39). The van der Waals surface area contributed by atoms with Crippen LogP contribution in [0.25, 0.3) is 0 Å². The van der Waals surface area contributed by atoms with Gasteiger partial charge in [-0.15, -0.1) is 0 Å². The Labute approximate surface area is 253 Å². The number of carbonyl (C=O) groups excluding carboxylic acids is 4. The maximum Gasteiger partial charge on any atom is 0.327 e. The maximum absolute atomic E-state index is 12.2. The molecular formula is C30H56N2O9S. The van der Waals surface area contributed by atoms with Crippen LogP contribution < -0.4 is 10.6 Å². The summed E-state index contributed by atoms with van der Waals surface area (Å²) in [6, 6.07) is 0. The molecule has 1 atom stereocenters. The number of hydrogen-bond donors (Lipinski definition) is 3. The van der Waals surface area contributed by atoms with Crippen LogP contribution in [0, 0.1) is 0 Å². The van der Waals surface area contributed by atoms with Gasteiger partial charge in [0.1, 0.15) is 13.2 Å². The van der Waals surface area contributed by atoms with Gasteiger partial charge >= 0.3 is 11.9 Å². The molecule has 0 aromatic rings. The van der Waals surface area contributed by atoms with Crippen LogP contribution in [0.3, 0.4) is 0 Å². The molecule has 246 valence electrons. The summed E-state index contributed by atoms with van der Waals surface area (Å²) in [4.78, 5) is 48.1. The maximum atomic E-state index is 12.2. The number of amides is 2. The Morgan fingerprint density at radius 1 is 0.619 bits per heavy atom. The third-order valence-electron chi connectivity index (χ3n) is 6.85. The van der Waals surface area contributed by atoms with Crippen molar-refractivity contribution >= 4 is 33.9 Å². The number of carbonyl (C=O) groups is 4. The van der Waals surface area contributed by atoms with Crippen molar-refractivity contribution in [1.29, 1.82) is 0 Å². The zero-order valence-corrected chi connectivity index (χ0v) is 26.8. The van der Waals surface area contributed by atoms with Crippen molar-refractivity contribution in [3.8, 4) is 0 Å². The molecule has 0 aliphatic heterocycles. The molecular weight excluding hydrogens is 564 g/mol. The van der Waals surface area contributed by atoms with Gasteiger partial charge in [0.05, 0.1) is 19.5 Å². The molecule has 2 amide bonds. The molecule has 0 bridgehead atoms. The monoisotopic (exact) mass is 620 g/mol. The summed E-state index contributed by atoms with van der Waals surface area (Å²) in [5.74, 6) is -2.71. The molecule has 0 aromatic carbocycles. The van der Waals surface area contributed by atoms with Crippen LogP contribution in [0.4, 0.5) is 0 Å². The lowest BCUT2D eigenvalue weighted by Crippen LogP contribution is -2.36. The average molecular weight is 621 g/mol. The van der Waals surface area contributed by atoms with E-state index in [-0.39, 0.29) is 38.1 Å². The molecule has 42 heavy (non-hydrogen) atoms. The summed E-state index contributed by atoms with van der Waals surface area (Å²) in [7, 11) is -4.94. The van der Waals surface area contributed by atoms with Crippen molar-refractivity contribution in [1.82, 2.24) is 10.6 Å². The predicted octanol–water partition coefficient (Wildman–Crippen LogP) is 5.01. The first-order valence-electron chi connectivity index (χ1n) is 15.9. The first-order chi connectivity index (χ1) is 20.1. The van der Waals surface area contributed by atoms with Crippen LogP contribution in [-0.4, -0.2) is 68.3 Å². The van der Waals surface area contributed by atoms with E-state index in [9.17, 15) is 32.1 Å². The van der Waals surface area contributed by atoms with Gasteiger partial charge < -0.3 is 20.1 Å². The van der Waals surface area contributed by atoms with E-state index >= 15 is 0 Å². The van der Waals surface area contributed by atoms with Crippen molar-refractivity contribution in [2.45, 2.75) is 141 Å². The van der Waals surface area contributed by atoms with Gasteiger partial charge in [-0.05, 0) is 12.8 Å². The summed E-state index contributed by atoms with van der Waals surface area (Å²) < 4.78 is 42.4. The Bertz CT molecular complexity index is 850. The Hall–Kier alpha value is -2.21. The summed E-state index contributed by atoms with van der Waals surface area (Å²) in [5.41, 5.74) is 0. The lowest BCUT2D eigenvalue weighted by Gasteiger charge is -2.13. The molecule has 0 aromatic heterocycles. The summed E-state index contributed by atoms with van der Waals surface area (Å²) in [5, 5.41) is 3.07. The van der Waals surface area contributed by atoms with Crippen molar-refractivity contribution in [3.63, 3.8) is 0 Å². The molecule has 1 unspecified atom stereocenters. The van der Waals surface area contributed by atoms with Gasteiger partial charge in [0.25, 0.3) is 10.1 Å². The first kappa shape index (κ1) is 39.8. The molecule has 0 rings (SSSR count). The molecule has 0 spiro atoms. The van der Waals surface area contributed by atoms with Gasteiger partial charge in [-0.3, -0.25) is 23.7 Å². The van der Waals surface area contributed by atoms with Crippen molar-refractivity contribution in [2.24, 2.45) is 0 Å². The van der Waals surface area contributed by atoms with Crippen LogP contribution in [0.2, 0.25) is 0 Å². The van der Waals surface area contributed by atoms with Crippen molar-refractivity contribution < 1.29 is 41.6 Å². The van der Waals surface area contributed by atoms with E-state index in [2.05, 4.69) is 24.5 Å². The third kappa shape index (κ3) is 24.4. The highest BCUT2D eigenvalue weighted by molar-refractivity contribution is 7.87. The SMILES string of the molecule is CCCCCCCCCCC(=O)NCCOC(=O)CC(C(=O)OCCNC(=O)CCCCCCCCCC)S(=O)(=O)O. The second kappa shape index (κ2) is 26.4. The first-order valence-corrected chi connectivity index (χ1v) is 17.4. The molecule has 0 aliphatic carbocycles. The normalized spacial score (nSPS) is 12.0. The van der Waals surface area contributed by atoms with E-state index in [1.807, 2.05) is 0 Å². The van der Waals surface area contributed by atoms with Gasteiger partial charge in [0, 0.05) is 12.8 Å². The van der Waals surface area contributed by atoms with E-state index < -0.39 is 33.7 Å². The summed E-state index contributed by atoms with van der Waals surface area (Å²) >= 11 is 0. The van der Waals surface area contributed by atoms with E-state index in [4.69, 9.17) is 9.47 Å². The minimum atomic E-state index is -4.94. The molecule has 0 radical (unpaired) electrons. The van der Waals surface area contributed by atoms with Crippen LogP contribution >= 0.6 is 0 Å². The van der Waals surface area contributed by atoms with Crippen molar-refractivity contribution in [3.05, 3.63) is 0 Å². The topological polar surface area (TPSA) is 165 Å². The Morgan fingerprint density at radius 2 is 1.00 bits per heavy atom. The largest absolute Gasteiger partial charge is 0.464 e. The molecule has 11 nitrogen and oxygen atoms in total. The molecule has 0 heterocycles. The van der Waals surface area contributed by atoms with Crippen LogP contribution in [0.5, 0.6) is 0 Å². The van der Waals surface area contributed by atoms with Crippen LogP contribution in [0.1, 0.15) is 136 Å². The highest BCUT2D eigenvalue weighted by atomic mass is 32.2. The quantitative estimate of drug-likeness (QED) is 0.0619. The van der Waals surface area contributed by atoms with E-state index in [0.29, 0.717) is 12.8 Å². The summed E-state index contributed by atoms with van der Waals surface area (Å²) in [6.07, 6.45) is 17.6. The predicted molar refractivity (Wildman–Crippen MR) is 162 cm³/mol. The van der Waals surface area contributed by atoms with Gasteiger partial charge in [0.15, 0.2) is 5.25 Å². The number of unbranched alkanes of at least 4 members (excludes halogenated alkanes) is 14. The van der Waals surface area contributed by atoms with E-state index in [1.54, 1.807) is 0 Å². The fraction of sp³-hybridized carbons (Fsp3) is 0.867. The number of rotatable bonds is 28. The lowest BCUT2D eigenvalue weighted by molar-refractivity contribution is -0.150. The van der Waals surface area contributed by atoms with Crippen LogP contribution in [-0.2, 0) is 38.8 Å². The van der Waals surface area contributed by atoms with Gasteiger partial charge in [-0.1, -0.05) is 104 Å². The molecule has 0 aliphatic rings. The fourth-order valence-electron chi connectivity index (χ4n) is 4.33. The van der Waals surface area contributed by atoms with Crippen LogP contribution in [0.15, 0.2) is 0 Å². The van der Waals surface area contributed by atoms with Crippen molar-refractivity contribution in [2.75, 3.05) is 26.3 Å². The molecule has 3 N–H and O–H groups in total. The minimum absolute atomic E-state index is 0.0249. The average Bonchev–Trinajstić information content (AvgIpc) is 2.94. The molecule has 0 saturated carbocycles. The second-order valence-electron chi connectivity index (χ2n) is 10.7. The summed E-state index contributed by atoms with van der Waals surface area (Å²) in [6.45, 7) is 3.85. The number of ether oxygens (including phenoxy) is 2. The Kier molecular flexibility index (Phi) is 25.0. The van der Waals surface area contributed by atoms with Gasteiger partial charge in [-0.2, -0.15) is 8.42 Å². The van der Waals surface area contributed by atoms with E-state index in [1.165, 1.54) is 57.8 Å². The molecule has 12 heteroatoms. The zero-order chi connectivity index (χ0) is 31.5. The Balaban J connectivity index is 4.07. The zero-order valence-electron chi connectivity index (χ0n) is 26.0. The molecule has 0 fully saturated rings. The van der Waals surface area contributed by atoms with E-state index in [0.717, 1.165) is 44.9 Å². The molecule has 0 saturated heterocycles. The number of nitrogens with one attached hydrogen (secondary N) is 2. The highest BCUT2D eigenvalue weighted by Gasteiger charge is 2.35. The second-order valence-corrected chi connectivity index (χ2v) is 12.3. The smallest absolute Gasteiger partial charge is 0.327 e. The Morgan fingerprint density at radius 3 is 1.40 bits per heavy atom. The number of esters is 2. The fourth-order valence-corrected chi connectivity index (χ4v) is 4.98. The highest BCUT2D eigenvalue weighted by Crippen LogP contribution is 2.11.